The van der Waals surface area contributed by atoms with Crippen LogP contribution in [0.4, 0.5) is 0 Å². The molecule has 20 heavy (non-hydrogen) atoms. The summed E-state index contributed by atoms with van der Waals surface area (Å²) < 4.78 is 27.3. The number of hydrogen-bond acceptors (Lipinski definition) is 3. The molecule has 1 N–H and O–H groups in total. The van der Waals surface area contributed by atoms with E-state index in [1.807, 2.05) is 0 Å². The molecule has 6 heteroatoms. The topological polar surface area (TPSA) is 59.1 Å². The minimum absolute atomic E-state index is 0.0179. The Hall–Kier alpha value is -0.650. The van der Waals surface area contributed by atoms with Crippen molar-refractivity contribution in [2.45, 2.75) is 56.4 Å². The Morgan fingerprint density at radius 2 is 2.05 bits per heavy atom. The maximum Gasteiger partial charge on any atom is 0.243 e. The molecule has 4 nitrogen and oxygen atoms in total. The first-order valence-electron chi connectivity index (χ1n) is 7.14. The second-order valence-corrected chi connectivity index (χ2v) is 7.52. The Morgan fingerprint density at radius 3 is 2.65 bits per heavy atom. The van der Waals surface area contributed by atoms with Crippen LogP contribution in [0.25, 0.3) is 0 Å². The standard InChI is InChI=1S/C14H21ClN2O2S/c1-2-3-11-4-6-12(7-5-11)17-20(18,19)14-10-16-9-8-13(14)15/h8-12,17H,2-7H2,1H3. The number of aromatic nitrogens is 1. The van der Waals surface area contributed by atoms with E-state index in [0.29, 0.717) is 0 Å². The maximum absolute atomic E-state index is 12.3. The van der Waals surface area contributed by atoms with Crippen molar-refractivity contribution in [3.63, 3.8) is 0 Å². The van der Waals surface area contributed by atoms with Gasteiger partial charge in [0.25, 0.3) is 0 Å². The molecule has 1 aliphatic rings. The first-order valence-corrected chi connectivity index (χ1v) is 9.01. The summed E-state index contributed by atoms with van der Waals surface area (Å²) in [4.78, 5) is 3.90. The quantitative estimate of drug-likeness (QED) is 0.906. The third kappa shape index (κ3) is 3.93. The Morgan fingerprint density at radius 1 is 1.35 bits per heavy atom. The van der Waals surface area contributed by atoms with Crippen molar-refractivity contribution in [3.8, 4) is 0 Å². The zero-order valence-electron chi connectivity index (χ0n) is 11.7. The van der Waals surface area contributed by atoms with Gasteiger partial charge >= 0.3 is 0 Å². The predicted molar refractivity (Wildman–Crippen MR) is 80.2 cm³/mol. The third-order valence-electron chi connectivity index (χ3n) is 3.89. The summed E-state index contributed by atoms with van der Waals surface area (Å²) in [5.41, 5.74) is 0. The molecule has 112 valence electrons. The molecule has 1 heterocycles. The highest BCUT2D eigenvalue weighted by Gasteiger charge is 2.26. The van der Waals surface area contributed by atoms with Gasteiger partial charge in [0.2, 0.25) is 10.0 Å². The fourth-order valence-electron chi connectivity index (χ4n) is 2.82. The number of pyridine rings is 1. The van der Waals surface area contributed by atoms with Crippen LogP contribution in [0.5, 0.6) is 0 Å². The molecular weight excluding hydrogens is 296 g/mol. The van der Waals surface area contributed by atoms with Crippen molar-refractivity contribution in [1.82, 2.24) is 9.71 Å². The van der Waals surface area contributed by atoms with Gasteiger partial charge in [0, 0.05) is 18.4 Å². The van der Waals surface area contributed by atoms with Gasteiger partial charge in [0.15, 0.2) is 0 Å². The molecule has 1 aromatic heterocycles. The number of rotatable bonds is 5. The lowest BCUT2D eigenvalue weighted by Crippen LogP contribution is -2.37. The first kappa shape index (κ1) is 15.7. The van der Waals surface area contributed by atoms with Crippen LogP contribution in [0.3, 0.4) is 0 Å². The molecule has 2 rings (SSSR count). The van der Waals surface area contributed by atoms with Gasteiger partial charge in [-0.05, 0) is 37.7 Å². The zero-order valence-corrected chi connectivity index (χ0v) is 13.3. The van der Waals surface area contributed by atoms with Gasteiger partial charge in [0.05, 0.1) is 5.02 Å². The number of hydrogen-bond donors (Lipinski definition) is 1. The van der Waals surface area contributed by atoms with Crippen molar-refractivity contribution < 1.29 is 8.42 Å². The molecular formula is C14H21ClN2O2S. The maximum atomic E-state index is 12.3. The first-order chi connectivity index (χ1) is 9.53. The monoisotopic (exact) mass is 316 g/mol. The average molecular weight is 317 g/mol. The summed E-state index contributed by atoms with van der Waals surface area (Å²) >= 11 is 5.93. The summed E-state index contributed by atoms with van der Waals surface area (Å²) in [6.07, 6.45) is 9.23. The van der Waals surface area contributed by atoms with Crippen LogP contribution < -0.4 is 4.72 Å². The highest BCUT2D eigenvalue weighted by Crippen LogP contribution is 2.29. The Labute approximate surface area is 126 Å². The van der Waals surface area contributed by atoms with Gasteiger partial charge in [-0.3, -0.25) is 4.98 Å². The molecule has 1 aliphatic carbocycles. The molecule has 0 unspecified atom stereocenters. The number of halogens is 1. The van der Waals surface area contributed by atoms with Crippen LogP contribution >= 0.6 is 11.6 Å². The molecule has 0 spiro atoms. The summed E-state index contributed by atoms with van der Waals surface area (Å²) in [6, 6.07) is 1.51. The lowest BCUT2D eigenvalue weighted by molar-refractivity contribution is 0.297. The normalized spacial score (nSPS) is 23.7. The van der Waals surface area contributed by atoms with Crippen LogP contribution in [0.15, 0.2) is 23.4 Å². The molecule has 1 saturated carbocycles. The molecule has 0 aliphatic heterocycles. The second kappa shape index (κ2) is 6.87. The van der Waals surface area contributed by atoms with Crippen LogP contribution in [0.1, 0.15) is 45.4 Å². The van der Waals surface area contributed by atoms with Crippen molar-refractivity contribution in [2.24, 2.45) is 5.92 Å². The van der Waals surface area contributed by atoms with Crippen molar-refractivity contribution in [2.75, 3.05) is 0 Å². The number of nitrogens with zero attached hydrogens (tertiary/aromatic N) is 1. The Bertz CT molecular complexity index is 540. The third-order valence-corrected chi connectivity index (χ3v) is 5.88. The molecule has 0 radical (unpaired) electrons. The predicted octanol–water partition coefficient (Wildman–Crippen LogP) is 3.37. The molecule has 0 saturated heterocycles. The van der Waals surface area contributed by atoms with E-state index >= 15 is 0 Å². The largest absolute Gasteiger partial charge is 0.263 e. The number of sulfonamides is 1. The number of nitrogens with one attached hydrogen (secondary N) is 1. The lowest BCUT2D eigenvalue weighted by Gasteiger charge is -2.28. The van der Waals surface area contributed by atoms with Gasteiger partial charge in [-0.1, -0.05) is 31.4 Å². The molecule has 1 aromatic rings. The van der Waals surface area contributed by atoms with Crippen LogP contribution in [-0.4, -0.2) is 19.4 Å². The van der Waals surface area contributed by atoms with Crippen molar-refractivity contribution in [1.29, 1.82) is 0 Å². The van der Waals surface area contributed by atoms with Crippen LogP contribution in [0.2, 0.25) is 5.02 Å². The summed E-state index contributed by atoms with van der Waals surface area (Å²) in [5, 5.41) is 0.215. The summed E-state index contributed by atoms with van der Waals surface area (Å²) in [5.74, 6) is 0.753. The van der Waals surface area contributed by atoms with Gasteiger partial charge in [-0.25, -0.2) is 13.1 Å². The van der Waals surface area contributed by atoms with E-state index in [4.69, 9.17) is 11.6 Å². The molecule has 0 atom stereocenters. The van der Waals surface area contributed by atoms with Crippen molar-refractivity contribution >= 4 is 21.6 Å². The fraction of sp³-hybridized carbons (Fsp3) is 0.643. The van der Waals surface area contributed by atoms with E-state index in [0.717, 1.165) is 31.6 Å². The fourth-order valence-corrected chi connectivity index (χ4v) is 4.56. The highest BCUT2D eigenvalue weighted by molar-refractivity contribution is 7.89. The molecule has 0 amide bonds. The summed E-state index contributed by atoms with van der Waals surface area (Å²) in [6.45, 7) is 2.19. The smallest absolute Gasteiger partial charge is 0.243 e. The van der Waals surface area contributed by atoms with E-state index < -0.39 is 10.0 Å². The van der Waals surface area contributed by atoms with Crippen molar-refractivity contribution in [3.05, 3.63) is 23.5 Å². The summed E-state index contributed by atoms with van der Waals surface area (Å²) in [7, 11) is -3.56. The zero-order chi connectivity index (χ0) is 14.6. The minimum atomic E-state index is -3.56. The van der Waals surface area contributed by atoms with Gasteiger partial charge in [-0.2, -0.15) is 0 Å². The molecule has 1 fully saturated rings. The minimum Gasteiger partial charge on any atom is -0.263 e. The van der Waals surface area contributed by atoms with E-state index in [1.165, 1.54) is 31.3 Å². The highest BCUT2D eigenvalue weighted by atomic mass is 35.5. The molecule has 0 aromatic carbocycles. The van der Waals surface area contributed by atoms with Crippen LogP contribution in [-0.2, 0) is 10.0 Å². The van der Waals surface area contributed by atoms with E-state index in [2.05, 4.69) is 16.6 Å². The average Bonchev–Trinajstić information content (AvgIpc) is 2.41. The van der Waals surface area contributed by atoms with Gasteiger partial charge in [0.1, 0.15) is 4.90 Å². The van der Waals surface area contributed by atoms with Gasteiger partial charge in [-0.15, -0.1) is 0 Å². The lowest BCUT2D eigenvalue weighted by atomic mass is 9.84. The molecule has 0 bridgehead atoms. The van der Waals surface area contributed by atoms with E-state index in [1.54, 1.807) is 0 Å². The van der Waals surface area contributed by atoms with Gasteiger partial charge < -0.3 is 0 Å². The Balaban J connectivity index is 1.99. The van der Waals surface area contributed by atoms with E-state index in [-0.39, 0.29) is 16.0 Å². The SMILES string of the molecule is CCCC1CCC(NS(=O)(=O)c2cnccc2Cl)CC1. The van der Waals surface area contributed by atoms with Crippen LogP contribution in [0, 0.1) is 5.92 Å². The second-order valence-electron chi connectivity index (χ2n) is 5.43. The Kier molecular flexibility index (Phi) is 5.41. The van der Waals surface area contributed by atoms with E-state index in [9.17, 15) is 8.42 Å².